The fraction of sp³-hybridized carbons (Fsp3) is 0. The van der Waals surface area contributed by atoms with Crippen LogP contribution in [0, 0.1) is 0 Å². The second-order valence-electron chi connectivity index (χ2n) is 22.9. The largest absolute Gasteiger partial charge is 0.309 e. The van der Waals surface area contributed by atoms with Crippen LogP contribution in [0.15, 0.2) is 315 Å². The first-order valence-corrected chi connectivity index (χ1v) is 30.0. The first-order valence-electron chi connectivity index (χ1n) is 30.0. The van der Waals surface area contributed by atoms with Gasteiger partial charge in [-0.05, 0) is 137 Å². The molecule has 0 unspecified atom stereocenters. The minimum atomic E-state index is 0.593. The predicted molar refractivity (Wildman–Crippen MR) is 367 cm³/mol. The number of rotatable bonds is 9. The van der Waals surface area contributed by atoms with Crippen LogP contribution >= 0.6 is 0 Å². The minimum absolute atomic E-state index is 0.593. The van der Waals surface area contributed by atoms with Crippen molar-refractivity contribution in [3.63, 3.8) is 0 Å². The van der Waals surface area contributed by atoms with Gasteiger partial charge in [0.2, 0.25) is 5.95 Å². The van der Waals surface area contributed by atoms with Crippen molar-refractivity contribution in [3.05, 3.63) is 315 Å². The summed E-state index contributed by atoms with van der Waals surface area (Å²) in [7, 11) is 0. The molecule has 0 aliphatic heterocycles. The molecule has 13 aromatic carbocycles. The molecule has 0 spiro atoms. The number of hydrogen-bond donors (Lipinski definition) is 0. The van der Waals surface area contributed by atoms with Gasteiger partial charge in [0.15, 0.2) is 0 Å². The van der Waals surface area contributed by atoms with Gasteiger partial charge >= 0.3 is 0 Å². The fourth-order valence-corrected chi connectivity index (χ4v) is 14.0. The van der Waals surface area contributed by atoms with Crippen LogP contribution in [0.25, 0.3) is 166 Å². The van der Waals surface area contributed by atoms with Crippen LogP contribution < -0.4 is 0 Å². The normalized spacial score (nSPS) is 11.9. The topological polar surface area (TPSA) is 45.5 Å². The predicted octanol–water partition coefficient (Wildman–Crippen LogP) is 21.2. The van der Waals surface area contributed by atoms with Gasteiger partial charge in [0.1, 0.15) is 0 Å². The van der Waals surface area contributed by atoms with E-state index < -0.39 is 0 Å². The van der Waals surface area contributed by atoms with Crippen molar-refractivity contribution in [2.75, 3.05) is 0 Å². The summed E-state index contributed by atoms with van der Waals surface area (Å²) in [6.45, 7) is 0. The molecule has 18 aromatic rings. The molecular weight excluding hydrogens is 1070 g/mol. The third-order valence-electron chi connectivity index (χ3n) is 18.0. The lowest BCUT2D eigenvalue weighted by molar-refractivity contribution is 0.995. The Hall–Kier alpha value is -11.9. The van der Waals surface area contributed by atoms with E-state index >= 15 is 0 Å². The van der Waals surface area contributed by atoms with Crippen LogP contribution in [0.1, 0.15) is 0 Å². The summed E-state index contributed by atoms with van der Waals surface area (Å²) in [6, 6.07) is 114. The number of fused-ring (bicyclic) bond motifs is 12. The van der Waals surface area contributed by atoms with Crippen molar-refractivity contribution in [2.45, 2.75) is 0 Å². The third-order valence-corrected chi connectivity index (χ3v) is 18.0. The second kappa shape index (κ2) is 19.9. The molecule has 6 heteroatoms. The van der Waals surface area contributed by atoms with Crippen LogP contribution in [0.5, 0.6) is 0 Å². The van der Waals surface area contributed by atoms with E-state index in [2.05, 4.69) is 334 Å². The van der Waals surface area contributed by atoms with Gasteiger partial charge in [0.05, 0.1) is 55.5 Å². The highest BCUT2D eigenvalue weighted by Gasteiger charge is 2.22. The zero-order chi connectivity index (χ0) is 57.8. The summed E-state index contributed by atoms with van der Waals surface area (Å²) in [5.74, 6) is 0.593. The number of hydrogen-bond acceptors (Lipinski definition) is 2. The lowest BCUT2D eigenvalue weighted by atomic mass is 9.97. The van der Waals surface area contributed by atoms with E-state index in [1.165, 1.54) is 54.4 Å². The molecule has 0 aliphatic rings. The minimum Gasteiger partial charge on any atom is -0.309 e. The molecule has 0 atom stereocenters. The number of nitrogens with zero attached hydrogens (tertiary/aromatic N) is 6. The van der Waals surface area contributed by atoms with Crippen LogP contribution in [-0.2, 0) is 0 Å². The maximum atomic E-state index is 5.69. The quantitative estimate of drug-likeness (QED) is 0.145. The van der Waals surface area contributed by atoms with Crippen molar-refractivity contribution in [1.82, 2.24) is 28.2 Å². The highest BCUT2D eigenvalue weighted by molar-refractivity contribution is 6.14. The number of para-hydroxylation sites is 6. The SMILES string of the molecule is c1ccc(-c2ccccc2-c2cc(-c3cccc(-n4c5ccccc5c5ccc(-c6ccc7c(c6)c6ccccc6n7-c6ccccc6)cc54)c3)nc(-n3c4ccccc4c4ccc(-c5ccc6c(c5)c5ccccc5n6-c5ccccc5)cc43)n2)cc1. The zero-order valence-corrected chi connectivity index (χ0v) is 47.7. The van der Waals surface area contributed by atoms with E-state index in [1.54, 1.807) is 0 Å². The smallest absolute Gasteiger partial charge is 0.235 e. The zero-order valence-electron chi connectivity index (χ0n) is 47.7. The Balaban J connectivity index is 0.816. The molecule has 88 heavy (non-hydrogen) atoms. The van der Waals surface area contributed by atoms with Gasteiger partial charge in [-0.25, -0.2) is 9.97 Å². The van der Waals surface area contributed by atoms with Gasteiger partial charge in [-0.3, -0.25) is 4.57 Å². The molecule has 410 valence electrons. The lowest BCUT2D eigenvalue weighted by Crippen LogP contribution is -2.04. The summed E-state index contributed by atoms with van der Waals surface area (Å²) in [4.78, 5) is 11.3. The van der Waals surface area contributed by atoms with Gasteiger partial charge in [0.25, 0.3) is 0 Å². The summed E-state index contributed by atoms with van der Waals surface area (Å²) >= 11 is 0. The van der Waals surface area contributed by atoms with Gasteiger partial charge in [-0.1, -0.05) is 212 Å². The van der Waals surface area contributed by atoms with E-state index in [9.17, 15) is 0 Å². The molecule has 0 N–H and O–H groups in total. The molecule has 0 saturated heterocycles. The maximum absolute atomic E-state index is 5.69. The van der Waals surface area contributed by atoms with E-state index in [0.717, 1.165) is 106 Å². The van der Waals surface area contributed by atoms with Gasteiger partial charge in [-0.15, -0.1) is 0 Å². The Labute approximate surface area is 507 Å². The highest BCUT2D eigenvalue weighted by atomic mass is 15.2. The van der Waals surface area contributed by atoms with Crippen LogP contribution in [0.4, 0.5) is 0 Å². The Bertz CT molecular complexity index is 5810. The van der Waals surface area contributed by atoms with Crippen molar-refractivity contribution < 1.29 is 0 Å². The summed E-state index contributed by atoms with van der Waals surface area (Å²) in [5, 5.41) is 9.55. The first kappa shape index (κ1) is 49.6. The summed E-state index contributed by atoms with van der Waals surface area (Å²) in [5.41, 5.74) is 22.8. The lowest BCUT2D eigenvalue weighted by Gasteiger charge is -2.15. The van der Waals surface area contributed by atoms with Crippen LogP contribution in [0.3, 0.4) is 0 Å². The standard InChI is InChI=1S/C82H52N6/c1-4-21-53(22-5-1)62-29-10-11-30-63(62)73-52-72(83-82(84-73)88-77-38-19-13-32-65(77)69-44-40-57(51-81(69)88)55-42-46-79-71(49-55)67-34-15-18-37-76(67)86(79)60-26-8-3-9-27-60)58-23-20-28-61(47-58)87-74-35-16-12-31-64(74)68-43-39-56(50-80(68)87)54-41-45-78-70(48-54)66-33-14-17-36-75(66)85(78)59-24-6-2-7-25-59/h1-52H. The Kier molecular flexibility index (Phi) is 11.2. The van der Waals surface area contributed by atoms with Gasteiger partial charge in [-0.2, -0.15) is 0 Å². The third kappa shape index (κ3) is 7.82. The van der Waals surface area contributed by atoms with E-state index in [4.69, 9.17) is 9.97 Å². The molecule has 0 saturated carbocycles. The van der Waals surface area contributed by atoms with Crippen LogP contribution in [0.2, 0.25) is 0 Å². The average molecular weight is 1120 g/mol. The molecule has 0 bridgehead atoms. The average Bonchev–Trinajstić information content (AvgIpc) is 1.73. The van der Waals surface area contributed by atoms with E-state index in [-0.39, 0.29) is 0 Å². The van der Waals surface area contributed by atoms with Crippen molar-refractivity contribution in [2.24, 2.45) is 0 Å². The maximum Gasteiger partial charge on any atom is 0.235 e. The van der Waals surface area contributed by atoms with Gasteiger partial charge in [0, 0.05) is 71.3 Å². The van der Waals surface area contributed by atoms with Gasteiger partial charge < -0.3 is 13.7 Å². The molecule has 0 fully saturated rings. The summed E-state index contributed by atoms with van der Waals surface area (Å²) in [6.07, 6.45) is 0. The first-order chi connectivity index (χ1) is 43.6. The van der Waals surface area contributed by atoms with E-state index in [1.807, 2.05) is 0 Å². The molecule has 0 amide bonds. The monoisotopic (exact) mass is 1120 g/mol. The Morgan fingerprint density at radius 3 is 1.09 bits per heavy atom. The van der Waals surface area contributed by atoms with Crippen molar-refractivity contribution >= 4 is 87.2 Å². The fourth-order valence-electron chi connectivity index (χ4n) is 14.0. The molecule has 0 aliphatic carbocycles. The van der Waals surface area contributed by atoms with Crippen LogP contribution in [-0.4, -0.2) is 28.2 Å². The summed E-state index contributed by atoms with van der Waals surface area (Å²) < 4.78 is 9.45. The number of benzene rings is 13. The van der Waals surface area contributed by atoms with Crippen molar-refractivity contribution in [3.8, 4) is 78.9 Å². The van der Waals surface area contributed by atoms with E-state index in [0.29, 0.717) is 5.95 Å². The molecular formula is C82H52N6. The highest BCUT2D eigenvalue weighted by Crippen LogP contribution is 2.43. The molecule has 0 radical (unpaired) electrons. The Morgan fingerprint density at radius 1 is 0.182 bits per heavy atom. The molecule has 5 heterocycles. The number of aromatic nitrogens is 6. The Morgan fingerprint density at radius 2 is 0.545 bits per heavy atom. The molecule has 18 rings (SSSR count). The van der Waals surface area contributed by atoms with Crippen molar-refractivity contribution in [1.29, 1.82) is 0 Å². The second-order valence-corrected chi connectivity index (χ2v) is 22.9. The molecule has 6 nitrogen and oxygen atoms in total. The molecule has 5 aromatic heterocycles.